The second-order valence-corrected chi connectivity index (χ2v) is 4.73. The van der Waals surface area contributed by atoms with E-state index in [1.807, 2.05) is 0 Å². The molecule has 1 N–H and O–H groups in total. The van der Waals surface area contributed by atoms with Crippen molar-refractivity contribution in [3.05, 3.63) is 28.9 Å². The van der Waals surface area contributed by atoms with Crippen LogP contribution in [0.5, 0.6) is 0 Å². The standard InChI is InChI=1S/C9H5BrF3NS/c10-8-7(15-9(11,12)13)5-3-1-2-4-6(5)14-8/h1-4,14H. The number of rotatable bonds is 1. The van der Waals surface area contributed by atoms with Crippen LogP contribution in [0.15, 0.2) is 33.8 Å². The van der Waals surface area contributed by atoms with Crippen molar-refractivity contribution in [3.63, 3.8) is 0 Å². The molecule has 0 aliphatic rings. The maximum absolute atomic E-state index is 12.3. The van der Waals surface area contributed by atoms with Crippen LogP contribution in [-0.4, -0.2) is 10.5 Å². The molecule has 0 atom stereocenters. The highest BCUT2D eigenvalue weighted by atomic mass is 79.9. The van der Waals surface area contributed by atoms with Crippen molar-refractivity contribution in [3.8, 4) is 0 Å². The molecular formula is C9H5BrF3NS. The molecule has 1 aromatic heterocycles. The van der Waals surface area contributed by atoms with E-state index in [0.29, 0.717) is 15.5 Å². The highest BCUT2D eigenvalue weighted by Crippen LogP contribution is 2.43. The Morgan fingerprint density at radius 3 is 2.53 bits per heavy atom. The lowest BCUT2D eigenvalue weighted by Crippen LogP contribution is -1.98. The van der Waals surface area contributed by atoms with Gasteiger partial charge in [-0.15, -0.1) is 0 Å². The number of aromatic nitrogens is 1. The Labute approximate surface area is 96.2 Å². The van der Waals surface area contributed by atoms with Crippen molar-refractivity contribution in [2.45, 2.75) is 10.4 Å². The van der Waals surface area contributed by atoms with Gasteiger partial charge < -0.3 is 4.98 Å². The monoisotopic (exact) mass is 295 g/mol. The lowest BCUT2D eigenvalue weighted by Gasteiger charge is -2.04. The minimum Gasteiger partial charge on any atom is -0.348 e. The molecule has 1 aromatic carbocycles. The topological polar surface area (TPSA) is 15.8 Å². The van der Waals surface area contributed by atoms with Crippen LogP contribution in [0.3, 0.4) is 0 Å². The van der Waals surface area contributed by atoms with E-state index in [0.717, 1.165) is 0 Å². The molecule has 2 aromatic rings. The first-order chi connectivity index (χ1) is 6.97. The van der Waals surface area contributed by atoms with Crippen LogP contribution in [-0.2, 0) is 0 Å². The van der Waals surface area contributed by atoms with Gasteiger partial charge in [-0.05, 0) is 33.8 Å². The predicted octanol–water partition coefficient (Wildman–Crippen LogP) is 4.54. The quantitative estimate of drug-likeness (QED) is 0.764. The first-order valence-electron chi connectivity index (χ1n) is 3.99. The molecule has 0 unspecified atom stereocenters. The number of aromatic amines is 1. The Morgan fingerprint density at radius 2 is 1.87 bits per heavy atom. The first kappa shape index (κ1) is 10.9. The highest BCUT2D eigenvalue weighted by molar-refractivity contribution is 9.10. The normalized spacial score (nSPS) is 12.3. The molecule has 0 amide bonds. The molecule has 0 bridgehead atoms. The van der Waals surface area contributed by atoms with Gasteiger partial charge in [0.25, 0.3) is 0 Å². The third-order valence-corrected chi connectivity index (χ3v) is 3.55. The van der Waals surface area contributed by atoms with Crippen molar-refractivity contribution < 1.29 is 13.2 Å². The van der Waals surface area contributed by atoms with Crippen molar-refractivity contribution in [1.29, 1.82) is 0 Å². The largest absolute Gasteiger partial charge is 0.446 e. The van der Waals surface area contributed by atoms with Gasteiger partial charge in [0, 0.05) is 10.9 Å². The zero-order valence-corrected chi connectivity index (χ0v) is 9.63. The molecule has 0 radical (unpaired) electrons. The van der Waals surface area contributed by atoms with E-state index in [1.165, 1.54) is 0 Å². The SMILES string of the molecule is FC(F)(F)Sc1c(Br)[nH]c2ccccc12. The molecule has 80 valence electrons. The molecule has 0 fully saturated rings. The van der Waals surface area contributed by atoms with Crippen LogP contribution in [0.4, 0.5) is 13.2 Å². The number of hydrogen-bond donors (Lipinski definition) is 1. The molecule has 0 spiro atoms. The number of fused-ring (bicyclic) bond motifs is 1. The summed E-state index contributed by atoms with van der Waals surface area (Å²) in [5, 5.41) is 0.576. The summed E-state index contributed by atoms with van der Waals surface area (Å²) in [5.74, 6) is 0. The number of para-hydroxylation sites is 1. The third-order valence-electron chi connectivity index (χ3n) is 1.83. The fraction of sp³-hybridized carbons (Fsp3) is 0.111. The molecule has 15 heavy (non-hydrogen) atoms. The van der Waals surface area contributed by atoms with Gasteiger partial charge in [-0.1, -0.05) is 18.2 Å². The highest BCUT2D eigenvalue weighted by Gasteiger charge is 2.31. The number of halogens is 4. The summed E-state index contributed by atoms with van der Waals surface area (Å²) < 4.78 is 37.1. The van der Waals surface area contributed by atoms with E-state index >= 15 is 0 Å². The average Bonchev–Trinajstić information content (AvgIpc) is 2.41. The maximum Gasteiger partial charge on any atom is 0.446 e. The molecule has 6 heteroatoms. The molecular weight excluding hydrogens is 291 g/mol. The lowest BCUT2D eigenvalue weighted by molar-refractivity contribution is -0.0327. The zero-order chi connectivity index (χ0) is 11.1. The molecule has 0 aliphatic heterocycles. The number of nitrogens with one attached hydrogen (secondary N) is 1. The number of hydrogen-bond acceptors (Lipinski definition) is 1. The summed E-state index contributed by atoms with van der Waals surface area (Å²) in [5.41, 5.74) is -3.58. The van der Waals surface area contributed by atoms with E-state index < -0.39 is 5.51 Å². The van der Waals surface area contributed by atoms with Crippen molar-refractivity contribution in [2.75, 3.05) is 0 Å². The Morgan fingerprint density at radius 1 is 1.20 bits per heavy atom. The molecule has 2 rings (SSSR count). The van der Waals surface area contributed by atoms with Gasteiger partial charge in [-0.2, -0.15) is 13.2 Å². The van der Waals surface area contributed by atoms with Gasteiger partial charge in [0.2, 0.25) is 0 Å². The van der Waals surface area contributed by atoms with Crippen LogP contribution in [0.2, 0.25) is 0 Å². The summed E-state index contributed by atoms with van der Waals surface area (Å²) in [4.78, 5) is 3.02. The average molecular weight is 296 g/mol. The van der Waals surface area contributed by atoms with Crippen LogP contribution < -0.4 is 0 Å². The van der Waals surface area contributed by atoms with Crippen LogP contribution in [0.1, 0.15) is 0 Å². The van der Waals surface area contributed by atoms with Crippen LogP contribution >= 0.6 is 27.7 Å². The first-order valence-corrected chi connectivity index (χ1v) is 5.60. The fourth-order valence-corrected chi connectivity index (χ4v) is 2.63. The van der Waals surface area contributed by atoms with Crippen molar-refractivity contribution in [2.24, 2.45) is 0 Å². The van der Waals surface area contributed by atoms with E-state index in [2.05, 4.69) is 20.9 Å². The maximum atomic E-state index is 12.3. The minimum absolute atomic E-state index is 0.115. The van der Waals surface area contributed by atoms with Gasteiger partial charge in [0.1, 0.15) is 0 Å². The number of benzene rings is 1. The molecule has 0 aliphatic carbocycles. The third kappa shape index (κ3) is 2.31. The van der Waals surface area contributed by atoms with Crippen molar-refractivity contribution in [1.82, 2.24) is 4.98 Å². The van der Waals surface area contributed by atoms with Gasteiger partial charge in [0.15, 0.2) is 0 Å². The number of alkyl halides is 3. The lowest BCUT2D eigenvalue weighted by atomic mass is 10.2. The number of H-pyrrole nitrogens is 1. The smallest absolute Gasteiger partial charge is 0.348 e. The Bertz CT molecular complexity index is 492. The summed E-state index contributed by atoms with van der Waals surface area (Å²) in [7, 11) is 0. The minimum atomic E-state index is -4.27. The van der Waals surface area contributed by atoms with Crippen molar-refractivity contribution >= 4 is 38.6 Å². The second-order valence-electron chi connectivity index (χ2n) is 2.86. The molecule has 1 heterocycles. The van der Waals surface area contributed by atoms with Gasteiger partial charge in [-0.25, -0.2) is 0 Å². The Kier molecular flexibility index (Phi) is 2.72. The van der Waals surface area contributed by atoms with Crippen LogP contribution in [0, 0.1) is 0 Å². The molecule has 0 saturated heterocycles. The molecule has 0 saturated carbocycles. The predicted molar refractivity (Wildman–Crippen MR) is 57.9 cm³/mol. The Balaban J connectivity index is 2.54. The van der Waals surface area contributed by atoms with E-state index in [9.17, 15) is 13.2 Å². The zero-order valence-electron chi connectivity index (χ0n) is 7.23. The summed E-state index contributed by atoms with van der Waals surface area (Å²) in [6, 6.07) is 6.88. The summed E-state index contributed by atoms with van der Waals surface area (Å²) >= 11 is 2.97. The Hall–Kier alpha value is -0.620. The van der Waals surface area contributed by atoms with E-state index in [1.54, 1.807) is 24.3 Å². The summed E-state index contributed by atoms with van der Waals surface area (Å²) in [6.07, 6.45) is 0. The van der Waals surface area contributed by atoms with E-state index in [4.69, 9.17) is 0 Å². The number of thioether (sulfide) groups is 1. The van der Waals surface area contributed by atoms with Gasteiger partial charge >= 0.3 is 5.51 Å². The van der Waals surface area contributed by atoms with E-state index in [-0.39, 0.29) is 16.7 Å². The van der Waals surface area contributed by atoms with Gasteiger partial charge in [0.05, 0.1) is 9.50 Å². The molecule has 1 nitrogen and oxygen atoms in total. The van der Waals surface area contributed by atoms with Gasteiger partial charge in [-0.3, -0.25) is 0 Å². The second kappa shape index (κ2) is 3.75. The summed E-state index contributed by atoms with van der Waals surface area (Å²) in [6.45, 7) is 0. The van der Waals surface area contributed by atoms with Crippen LogP contribution in [0.25, 0.3) is 10.9 Å². The fourth-order valence-electron chi connectivity index (χ4n) is 1.30.